The van der Waals surface area contributed by atoms with Crippen LogP contribution in [0.3, 0.4) is 0 Å². The van der Waals surface area contributed by atoms with Crippen molar-refractivity contribution in [1.82, 2.24) is 10.2 Å². The second-order valence-electron chi connectivity index (χ2n) is 4.41. The van der Waals surface area contributed by atoms with Gasteiger partial charge in [0, 0.05) is 0 Å². The topological polar surface area (TPSA) is 69.6 Å². The number of carbonyl (C=O) groups excluding carboxylic acids is 2. The number of rotatable bonds is 3. The van der Waals surface area contributed by atoms with E-state index in [-0.39, 0.29) is 18.4 Å². The lowest BCUT2D eigenvalue weighted by atomic mass is 9.97. The third kappa shape index (κ3) is 2.83. The molecule has 0 radical (unpaired) electrons. The van der Waals surface area contributed by atoms with Gasteiger partial charge in [-0.1, -0.05) is 6.07 Å². The van der Waals surface area contributed by atoms with Gasteiger partial charge in [-0.2, -0.15) is 0 Å². The third-order valence-electron chi connectivity index (χ3n) is 2.56. The van der Waals surface area contributed by atoms with Gasteiger partial charge in [-0.15, -0.1) is 11.3 Å². The first kappa shape index (κ1) is 12.1. The summed E-state index contributed by atoms with van der Waals surface area (Å²) in [5, 5.41) is 13.8. The lowest BCUT2D eigenvalue weighted by Crippen LogP contribution is -2.63. The molecular formula is C11H14N2O3S. The molecule has 2 amide bonds. The largest absolute Gasteiger partial charge is 0.386 e. The van der Waals surface area contributed by atoms with Gasteiger partial charge in [-0.05, 0) is 18.4 Å². The molecule has 1 aromatic rings. The standard InChI is InChI=1S/C11H14N2O3S/c1-11(16)6-13(7-11)9(14)5-12-10(15)8-3-2-4-17-8/h2-4,16H,5-7H2,1H3,(H,12,15). The quantitative estimate of drug-likeness (QED) is 0.802. The predicted octanol–water partition coefficient (Wildman–Crippen LogP) is 0.0711. The van der Waals surface area contributed by atoms with Gasteiger partial charge in [-0.3, -0.25) is 9.59 Å². The Morgan fingerprint density at radius 3 is 2.82 bits per heavy atom. The van der Waals surface area contributed by atoms with Gasteiger partial charge in [0.05, 0.1) is 30.1 Å². The van der Waals surface area contributed by atoms with Gasteiger partial charge in [0.2, 0.25) is 5.91 Å². The van der Waals surface area contributed by atoms with Gasteiger partial charge in [-0.25, -0.2) is 0 Å². The summed E-state index contributed by atoms with van der Waals surface area (Å²) < 4.78 is 0. The number of likely N-dealkylation sites (tertiary alicyclic amines) is 1. The van der Waals surface area contributed by atoms with E-state index in [0.29, 0.717) is 18.0 Å². The Hall–Kier alpha value is -1.40. The average Bonchev–Trinajstić information content (AvgIpc) is 2.75. The molecule has 0 atom stereocenters. The molecule has 0 spiro atoms. The minimum atomic E-state index is -0.770. The van der Waals surface area contributed by atoms with E-state index < -0.39 is 5.60 Å². The van der Waals surface area contributed by atoms with Crippen molar-refractivity contribution in [1.29, 1.82) is 0 Å². The van der Waals surface area contributed by atoms with E-state index in [1.54, 1.807) is 19.1 Å². The van der Waals surface area contributed by atoms with E-state index in [1.165, 1.54) is 16.2 Å². The Morgan fingerprint density at radius 2 is 2.29 bits per heavy atom. The molecule has 0 unspecified atom stereocenters. The molecule has 0 saturated carbocycles. The second-order valence-corrected chi connectivity index (χ2v) is 5.35. The number of hydrogen-bond acceptors (Lipinski definition) is 4. The lowest BCUT2D eigenvalue weighted by Gasteiger charge is -2.44. The van der Waals surface area contributed by atoms with Crippen LogP contribution in [0.2, 0.25) is 0 Å². The first-order valence-corrected chi connectivity index (χ1v) is 6.18. The number of amides is 2. The fraction of sp³-hybridized carbons (Fsp3) is 0.455. The Bertz CT molecular complexity index is 420. The Labute approximate surface area is 103 Å². The molecule has 92 valence electrons. The number of nitrogens with one attached hydrogen (secondary N) is 1. The first-order valence-electron chi connectivity index (χ1n) is 5.30. The zero-order valence-electron chi connectivity index (χ0n) is 9.47. The minimum Gasteiger partial charge on any atom is -0.386 e. The second kappa shape index (κ2) is 4.46. The molecule has 6 heteroatoms. The summed E-state index contributed by atoms with van der Waals surface area (Å²) in [6.07, 6.45) is 0. The van der Waals surface area contributed by atoms with Crippen LogP contribution in [0.5, 0.6) is 0 Å². The maximum absolute atomic E-state index is 11.6. The zero-order chi connectivity index (χ0) is 12.5. The number of β-amino-alcohol motifs (C(OH)–C–C–N with tert-alkyl or cyclic N) is 1. The molecule has 1 aliphatic heterocycles. The number of carbonyl (C=O) groups is 2. The molecule has 2 N–H and O–H groups in total. The van der Waals surface area contributed by atoms with Crippen LogP contribution in [0.1, 0.15) is 16.6 Å². The van der Waals surface area contributed by atoms with Crippen molar-refractivity contribution in [2.45, 2.75) is 12.5 Å². The van der Waals surface area contributed by atoms with Gasteiger partial charge < -0.3 is 15.3 Å². The van der Waals surface area contributed by atoms with Crippen molar-refractivity contribution in [2.24, 2.45) is 0 Å². The highest BCUT2D eigenvalue weighted by Crippen LogP contribution is 2.19. The molecular weight excluding hydrogens is 240 g/mol. The molecule has 1 fully saturated rings. The number of aliphatic hydroxyl groups is 1. The molecule has 17 heavy (non-hydrogen) atoms. The summed E-state index contributed by atoms with van der Waals surface area (Å²) >= 11 is 1.33. The fourth-order valence-electron chi connectivity index (χ4n) is 1.71. The Balaban J connectivity index is 1.76. The molecule has 0 aliphatic carbocycles. The average molecular weight is 254 g/mol. The predicted molar refractivity (Wildman–Crippen MR) is 63.9 cm³/mol. The van der Waals surface area contributed by atoms with Crippen LogP contribution >= 0.6 is 11.3 Å². The van der Waals surface area contributed by atoms with E-state index in [2.05, 4.69) is 5.32 Å². The normalized spacial score (nSPS) is 17.4. The Kier molecular flexibility index (Phi) is 3.17. The maximum Gasteiger partial charge on any atom is 0.261 e. The van der Waals surface area contributed by atoms with Crippen molar-refractivity contribution < 1.29 is 14.7 Å². The molecule has 1 saturated heterocycles. The summed E-state index contributed by atoms with van der Waals surface area (Å²) in [7, 11) is 0. The smallest absolute Gasteiger partial charge is 0.261 e. The highest BCUT2D eigenvalue weighted by atomic mass is 32.1. The van der Waals surface area contributed by atoms with Crippen LogP contribution in [0, 0.1) is 0 Å². The van der Waals surface area contributed by atoms with Gasteiger partial charge in [0.25, 0.3) is 5.91 Å². The summed E-state index contributed by atoms with van der Waals surface area (Å²) in [4.78, 5) is 25.2. The third-order valence-corrected chi connectivity index (χ3v) is 3.43. The van der Waals surface area contributed by atoms with Crippen molar-refractivity contribution in [3.05, 3.63) is 22.4 Å². The van der Waals surface area contributed by atoms with Crippen molar-refractivity contribution in [3.8, 4) is 0 Å². The van der Waals surface area contributed by atoms with E-state index in [9.17, 15) is 14.7 Å². The molecule has 0 bridgehead atoms. The highest BCUT2D eigenvalue weighted by molar-refractivity contribution is 7.12. The molecule has 5 nitrogen and oxygen atoms in total. The van der Waals surface area contributed by atoms with Crippen molar-refractivity contribution >= 4 is 23.2 Å². The minimum absolute atomic E-state index is 0.0210. The maximum atomic E-state index is 11.6. The highest BCUT2D eigenvalue weighted by Gasteiger charge is 2.39. The van der Waals surface area contributed by atoms with E-state index in [1.807, 2.05) is 5.38 Å². The van der Waals surface area contributed by atoms with Crippen LogP contribution in [0.4, 0.5) is 0 Å². The van der Waals surface area contributed by atoms with E-state index in [0.717, 1.165) is 0 Å². The van der Waals surface area contributed by atoms with Crippen LogP contribution < -0.4 is 5.32 Å². The van der Waals surface area contributed by atoms with Crippen LogP contribution in [0.15, 0.2) is 17.5 Å². The van der Waals surface area contributed by atoms with Crippen molar-refractivity contribution in [2.75, 3.05) is 19.6 Å². The lowest BCUT2D eigenvalue weighted by molar-refractivity contribution is -0.151. The fourth-order valence-corrected chi connectivity index (χ4v) is 2.36. The van der Waals surface area contributed by atoms with Crippen LogP contribution in [0.25, 0.3) is 0 Å². The van der Waals surface area contributed by atoms with Crippen LogP contribution in [-0.4, -0.2) is 47.1 Å². The first-order chi connectivity index (χ1) is 7.98. The molecule has 2 heterocycles. The van der Waals surface area contributed by atoms with Crippen LogP contribution in [-0.2, 0) is 4.79 Å². The molecule has 1 aliphatic rings. The van der Waals surface area contributed by atoms with Gasteiger partial charge in [0.15, 0.2) is 0 Å². The number of thiophene rings is 1. The molecule has 2 rings (SSSR count). The van der Waals surface area contributed by atoms with E-state index in [4.69, 9.17) is 0 Å². The zero-order valence-corrected chi connectivity index (χ0v) is 10.3. The summed E-state index contributed by atoms with van der Waals surface area (Å²) in [5.41, 5.74) is -0.770. The Morgan fingerprint density at radius 1 is 1.59 bits per heavy atom. The molecule has 0 aromatic carbocycles. The van der Waals surface area contributed by atoms with Gasteiger partial charge >= 0.3 is 0 Å². The van der Waals surface area contributed by atoms with Gasteiger partial charge in [0.1, 0.15) is 0 Å². The summed E-state index contributed by atoms with van der Waals surface area (Å²) in [6.45, 7) is 2.33. The van der Waals surface area contributed by atoms with E-state index >= 15 is 0 Å². The summed E-state index contributed by atoms with van der Waals surface area (Å²) in [6, 6.07) is 3.49. The monoisotopic (exact) mass is 254 g/mol. The summed E-state index contributed by atoms with van der Waals surface area (Å²) in [5.74, 6) is -0.401. The molecule has 1 aromatic heterocycles. The number of hydrogen-bond donors (Lipinski definition) is 2. The van der Waals surface area contributed by atoms with Crippen molar-refractivity contribution in [3.63, 3.8) is 0 Å². The SMILES string of the molecule is CC1(O)CN(C(=O)CNC(=O)c2cccs2)C1. The number of nitrogens with zero attached hydrogens (tertiary/aromatic N) is 1.